The summed E-state index contributed by atoms with van der Waals surface area (Å²) in [5, 5.41) is 9.29. The average molecular weight is 664 g/mol. The van der Waals surface area contributed by atoms with Gasteiger partial charge in [0.25, 0.3) is 0 Å². The standard InChI is InChI=1S/C48H29N3O/c1-3-13-30(14-4-1)41-29-42(31-15-5-2-6-16-31)50-48(49-41)40-26-34-19-9-10-20-36(34)46-39-28-35(23-24-45(39)52-47(40)46)51-43-22-12-11-21-37(43)38-25-32-17-7-8-18-33(32)27-44(38)51/h1-29H. The summed E-state index contributed by atoms with van der Waals surface area (Å²) in [5.41, 5.74) is 9.70. The molecule has 0 aliphatic heterocycles. The Bertz CT molecular complexity index is 3120. The van der Waals surface area contributed by atoms with Gasteiger partial charge in [-0.15, -0.1) is 0 Å². The van der Waals surface area contributed by atoms with Gasteiger partial charge >= 0.3 is 0 Å². The van der Waals surface area contributed by atoms with Crippen molar-refractivity contribution in [2.24, 2.45) is 0 Å². The molecule has 11 aromatic rings. The molecule has 0 atom stereocenters. The van der Waals surface area contributed by atoms with Gasteiger partial charge in [0, 0.05) is 38.4 Å². The molecule has 0 saturated heterocycles. The zero-order valence-corrected chi connectivity index (χ0v) is 28.0. The fourth-order valence-corrected chi connectivity index (χ4v) is 7.93. The van der Waals surface area contributed by atoms with Crippen LogP contribution in [0.5, 0.6) is 0 Å². The molecular formula is C48H29N3O. The smallest absolute Gasteiger partial charge is 0.164 e. The highest BCUT2D eigenvalue weighted by Gasteiger charge is 2.21. The van der Waals surface area contributed by atoms with Crippen LogP contribution in [-0.2, 0) is 0 Å². The molecule has 3 aromatic heterocycles. The first-order valence-corrected chi connectivity index (χ1v) is 17.6. The third-order valence-electron chi connectivity index (χ3n) is 10.4. The first-order valence-electron chi connectivity index (χ1n) is 17.6. The van der Waals surface area contributed by atoms with E-state index in [1.165, 1.54) is 32.6 Å². The summed E-state index contributed by atoms with van der Waals surface area (Å²) in [6.45, 7) is 0. The van der Waals surface area contributed by atoms with Crippen LogP contribution in [-0.4, -0.2) is 14.5 Å². The average Bonchev–Trinajstić information content (AvgIpc) is 3.75. The van der Waals surface area contributed by atoms with Crippen molar-refractivity contribution in [1.82, 2.24) is 14.5 Å². The molecule has 0 aliphatic rings. The molecule has 0 unspecified atom stereocenters. The lowest BCUT2D eigenvalue weighted by Gasteiger charge is -2.11. The fraction of sp³-hybridized carbons (Fsp3) is 0. The first-order chi connectivity index (χ1) is 25.8. The first kappa shape index (κ1) is 28.8. The van der Waals surface area contributed by atoms with E-state index in [2.05, 4.69) is 144 Å². The van der Waals surface area contributed by atoms with E-state index in [1.54, 1.807) is 0 Å². The van der Waals surface area contributed by atoms with Crippen LogP contribution in [0.3, 0.4) is 0 Å². The minimum atomic E-state index is 0.629. The number of hydrogen-bond acceptors (Lipinski definition) is 3. The van der Waals surface area contributed by atoms with Gasteiger partial charge in [0.1, 0.15) is 11.2 Å². The highest BCUT2D eigenvalue weighted by Crippen LogP contribution is 2.43. The second kappa shape index (κ2) is 11.2. The molecule has 0 radical (unpaired) electrons. The maximum absolute atomic E-state index is 6.85. The van der Waals surface area contributed by atoms with E-state index in [-0.39, 0.29) is 0 Å². The minimum absolute atomic E-state index is 0.629. The molecule has 0 amide bonds. The maximum atomic E-state index is 6.85. The minimum Gasteiger partial charge on any atom is -0.455 e. The number of furan rings is 1. The number of nitrogens with zero attached hydrogens (tertiary/aromatic N) is 3. The summed E-state index contributed by atoms with van der Waals surface area (Å²) < 4.78 is 9.24. The van der Waals surface area contributed by atoms with Crippen molar-refractivity contribution >= 4 is 65.3 Å². The topological polar surface area (TPSA) is 43.9 Å². The lowest BCUT2D eigenvalue weighted by molar-refractivity contribution is 0.669. The summed E-state index contributed by atoms with van der Waals surface area (Å²) in [6, 6.07) is 61.9. The number of rotatable bonds is 4. The Kier molecular flexibility index (Phi) is 6.22. The van der Waals surface area contributed by atoms with Crippen molar-refractivity contribution in [2.45, 2.75) is 0 Å². The van der Waals surface area contributed by atoms with Crippen LogP contribution in [0.4, 0.5) is 0 Å². The molecular weight excluding hydrogens is 635 g/mol. The van der Waals surface area contributed by atoms with Crippen molar-refractivity contribution < 1.29 is 4.42 Å². The maximum Gasteiger partial charge on any atom is 0.164 e. The normalized spacial score (nSPS) is 11.8. The van der Waals surface area contributed by atoms with Gasteiger partial charge in [-0.25, -0.2) is 9.97 Å². The van der Waals surface area contributed by atoms with Gasteiger partial charge in [0.15, 0.2) is 5.82 Å². The van der Waals surface area contributed by atoms with E-state index in [1.807, 2.05) is 36.4 Å². The van der Waals surface area contributed by atoms with Crippen LogP contribution >= 0.6 is 0 Å². The summed E-state index contributed by atoms with van der Waals surface area (Å²) in [5.74, 6) is 0.629. The Morgan fingerprint density at radius 1 is 0.423 bits per heavy atom. The van der Waals surface area contributed by atoms with Crippen LogP contribution in [0.25, 0.3) is 105 Å². The van der Waals surface area contributed by atoms with Gasteiger partial charge in [0.2, 0.25) is 0 Å². The van der Waals surface area contributed by atoms with Crippen LogP contribution in [0.15, 0.2) is 180 Å². The van der Waals surface area contributed by atoms with Crippen LogP contribution in [0, 0.1) is 0 Å². The number of para-hydroxylation sites is 1. The summed E-state index contributed by atoms with van der Waals surface area (Å²) in [7, 11) is 0. The number of benzene rings is 8. The third kappa shape index (κ3) is 4.41. The Labute approximate surface area is 298 Å². The number of hydrogen-bond donors (Lipinski definition) is 0. The fourth-order valence-electron chi connectivity index (χ4n) is 7.93. The zero-order valence-electron chi connectivity index (χ0n) is 28.0. The summed E-state index contributed by atoms with van der Waals surface area (Å²) in [6.07, 6.45) is 0. The highest BCUT2D eigenvalue weighted by molar-refractivity contribution is 6.23. The van der Waals surface area contributed by atoms with E-state index < -0.39 is 0 Å². The molecule has 0 N–H and O–H groups in total. The zero-order chi connectivity index (χ0) is 34.2. The second-order valence-electron chi connectivity index (χ2n) is 13.4. The molecule has 8 aromatic carbocycles. The van der Waals surface area contributed by atoms with E-state index >= 15 is 0 Å². The van der Waals surface area contributed by atoms with Gasteiger partial charge < -0.3 is 8.98 Å². The lowest BCUT2D eigenvalue weighted by Crippen LogP contribution is -1.96. The summed E-state index contributed by atoms with van der Waals surface area (Å²) >= 11 is 0. The van der Waals surface area contributed by atoms with E-state index in [0.717, 1.165) is 66.5 Å². The van der Waals surface area contributed by atoms with Crippen molar-refractivity contribution in [2.75, 3.05) is 0 Å². The predicted octanol–water partition coefficient (Wildman–Crippen LogP) is 12.8. The van der Waals surface area contributed by atoms with Crippen LogP contribution in [0.2, 0.25) is 0 Å². The van der Waals surface area contributed by atoms with Crippen molar-refractivity contribution in [3.63, 3.8) is 0 Å². The molecule has 52 heavy (non-hydrogen) atoms. The number of aromatic nitrogens is 3. The van der Waals surface area contributed by atoms with Gasteiger partial charge in [-0.05, 0) is 70.1 Å². The number of fused-ring (bicyclic) bond motifs is 9. The molecule has 242 valence electrons. The molecule has 4 nitrogen and oxygen atoms in total. The van der Waals surface area contributed by atoms with Gasteiger partial charge in [-0.3, -0.25) is 0 Å². The van der Waals surface area contributed by atoms with Gasteiger partial charge in [0.05, 0.1) is 28.0 Å². The Morgan fingerprint density at radius 2 is 1.04 bits per heavy atom. The van der Waals surface area contributed by atoms with Crippen molar-refractivity contribution in [3.05, 3.63) is 176 Å². The molecule has 3 heterocycles. The predicted molar refractivity (Wildman–Crippen MR) is 215 cm³/mol. The monoisotopic (exact) mass is 663 g/mol. The quantitative estimate of drug-likeness (QED) is 0.188. The highest BCUT2D eigenvalue weighted by atomic mass is 16.3. The van der Waals surface area contributed by atoms with Gasteiger partial charge in [-0.2, -0.15) is 0 Å². The molecule has 11 rings (SSSR count). The molecule has 0 saturated carbocycles. The summed E-state index contributed by atoms with van der Waals surface area (Å²) in [4.78, 5) is 10.4. The lowest BCUT2D eigenvalue weighted by atomic mass is 9.99. The molecule has 0 bridgehead atoms. The molecule has 4 heteroatoms. The molecule has 0 aliphatic carbocycles. The largest absolute Gasteiger partial charge is 0.455 e. The second-order valence-corrected chi connectivity index (χ2v) is 13.4. The van der Waals surface area contributed by atoms with E-state index in [4.69, 9.17) is 14.4 Å². The van der Waals surface area contributed by atoms with E-state index in [0.29, 0.717) is 5.82 Å². The Hall–Kier alpha value is -7.04. The Balaban J connectivity index is 1.20. The van der Waals surface area contributed by atoms with E-state index in [9.17, 15) is 0 Å². The van der Waals surface area contributed by atoms with Crippen LogP contribution in [0.1, 0.15) is 0 Å². The van der Waals surface area contributed by atoms with Crippen LogP contribution < -0.4 is 0 Å². The van der Waals surface area contributed by atoms with Crippen molar-refractivity contribution in [1.29, 1.82) is 0 Å². The molecule has 0 fully saturated rings. The van der Waals surface area contributed by atoms with Gasteiger partial charge in [-0.1, -0.05) is 127 Å². The third-order valence-corrected chi connectivity index (χ3v) is 10.4. The Morgan fingerprint density at radius 3 is 1.77 bits per heavy atom. The SMILES string of the molecule is c1ccc(-c2cc(-c3ccccc3)nc(-c3cc4ccccc4c4c3oc3ccc(-n5c6ccccc6c6cc7ccccc7cc65)cc34)n2)cc1. The molecule has 0 spiro atoms. The van der Waals surface area contributed by atoms with Crippen molar-refractivity contribution in [3.8, 4) is 39.6 Å².